The van der Waals surface area contributed by atoms with Crippen LogP contribution < -0.4 is 4.90 Å². The predicted molar refractivity (Wildman–Crippen MR) is 182 cm³/mol. The van der Waals surface area contributed by atoms with E-state index in [2.05, 4.69) is 131 Å². The van der Waals surface area contributed by atoms with Crippen LogP contribution in [0.3, 0.4) is 0 Å². The van der Waals surface area contributed by atoms with E-state index in [1.165, 1.54) is 42.1 Å². The maximum absolute atomic E-state index is 6.25. The topological polar surface area (TPSA) is 29.3 Å². The molecule has 0 aliphatic heterocycles. The number of pyridine rings is 1. The van der Waals surface area contributed by atoms with E-state index in [1.54, 1.807) is 0 Å². The van der Waals surface area contributed by atoms with Gasteiger partial charge in [-0.25, -0.2) is 0 Å². The fraction of sp³-hybridized carbons (Fsp3) is 0. The largest absolute Gasteiger partial charge is 0.456 e. The number of hydrogen-bond donors (Lipinski definition) is 0. The Kier molecular flexibility index (Phi) is 5.37. The predicted octanol–water partition coefficient (Wildman–Crippen LogP) is 11.6. The molecule has 6 aromatic carbocycles. The first kappa shape index (κ1) is 24.2. The van der Waals surface area contributed by atoms with E-state index in [1.807, 2.05) is 35.9 Å². The smallest absolute Gasteiger partial charge is 0.137 e. The van der Waals surface area contributed by atoms with Crippen molar-refractivity contribution < 1.29 is 4.42 Å². The molecule has 3 nitrogen and oxygen atoms in total. The highest BCUT2D eigenvalue weighted by molar-refractivity contribution is 7.26. The Labute approximate surface area is 251 Å². The van der Waals surface area contributed by atoms with Crippen molar-refractivity contribution in [3.05, 3.63) is 146 Å². The number of fused-ring (bicyclic) bond motifs is 8. The number of anilines is 3. The zero-order valence-electron chi connectivity index (χ0n) is 23.1. The highest BCUT2D eigenvalue weighted by Crippen LogP contribution is 2.42. The first-order valence-corrected chi connectivity index (χ1v) is 15.2. The number of benzene rings is 6. The van der Waals surface area contributed by atoms with E-state index in [0.717, 1.165) is 39.0 Å². The Morgan fingerprint density at radius 3 is 2.16 bits per heavy atom. The average Bonchev–Trinajstić information content (AvgIpc) is 3.63. The third-order valence-corrected chi connectivity index (χ3v) is 9.48. The van der Waals surface area contributed by atoms with Gasteiger partial charge in [0.15, 0.2) is 0 Å². The first-order valence-electron chi connectivity index (χ1n) is 14.4. The highest BCUT2D eigenvalue weighted by Gasteiger charge is 2.16. The fourth-order valence-corrected chi connectivity index (χ4v) is 7.41. The minimum atomic E-state index is 0.885. The molecule has 4 heteroatoms. The van der Waals surface area contributed by atoms with Gasteiger partial charge in [0.2, 0.25) is 0 Å². The molecule has 9 rings (SSSR count). The second-order valence-electron chi connectivity index (χ2n) is 10.8. The van der Waals surface area contributed by atoms with Gasteiger partial charge in [-0.05, 0) is 83.2 Å². The molecule has 0 unspecified atom stereocenters. The molecule has 0 fully saturated rings. The summed E-state index contributed by atoms with van der Waals surface area (Å²) in [4.78, 5) is 6.62. The Balaban J connectivity index is 1.15. The molecule has 0 saturated carbocycles. The minimum Gasteiger partial charge on any atom is -0.456 e. The maximum atomic E-state index is 6.25. The van der Waals surface area contributed by atoms with E-state index < -0.39 is 0 Å². The second-order valence-corrected chi connectivity index (χ2v) is 11.9. The molecule has 0 bridgehead atoms. The van der Waals surface area contributed by atoms with Crippen LogP contribution in [0.4, 0.5) is 17.1 Å². The summed E-state index contributed by atoms with van der Waals surface area (Å²) < 4.78 is 8.86. The van der Waals surface area contributed by atoms with Gasteiger partial charge in [0.25, 0.3) is 0 Å². The standard InChI is InChI=1S/C39H24N2OS/c1-2-6-28(7-3-1)41(30-16-17-33-32-8-4-5-9-35(32)42-36(33)23-30)29-14-10-25(11-15-29)26-12-18-37-34(22-26)39-31-20-21-40-24-27(31)13-19-38(39)43-37/h1-24H. The van der Waals surface area contributed by atoms with Gasteiger partial charge >= 0.3 is 0 Å². The zero-order valence-corrected chi connectivity index (χ0v) is 23.9. The van der Waals surface area contributed by atoms with E-state index >= 15 is 0 Å². The summed E-state index contributed by atoms with van der Waals surface area (Å²) in [6, 6.07) is 47.4. The van der Waals surface area contributed by atoms with Gasteiger partial charge in [0.05, 0.1) is 0 Å². The number of hydrogen-bond acceptors (Lipinski definition) is 4. The number of furan rings is 1. The Bertz CT molecular complexity index is 2460. The van der Waals surface area contributed by atoms with Crippen LogP contribution in [0, 0.1) is 0 Å². The molecule has 0 amide bonds. The SMILES string of the molecule is c1ccc(N(c2ccc(-c3ccc4sc5ccc6cnccc6c5c4c3)cc2)c2ccc3c(c2)oc2ccccc23)cc1. The third kappa shape index (κ3) is 3.92. The van der Waals surface area contributed by atoms with Gasteiger partial charge in [0, 0.05) is 71.9 Å². The van der Waals surface area contributed by atoms with Gasteiger partial charge in [-0.1, -0.05) is 60.7 Å². The van der Waals surface area contributed by atoms with E-state index in [4.69, 9.17) is 4.42 Å². The third-order valence-electron chi connectivity index (χ3n) is 8.34. The van der Waals surface area contributed by atoms with Crippen molar-refractivity contribution in [3.8, 4) is 11.1 Å². The molecule has 9 aromatic rings. The van der Waals surface area contributed by atoms with Crippen molar-refractivity contribution in [2.24, 2.45) is 0 Å². The molecule has 3 aromatic heterocycles. The maximum Gasteiger partial charge on any atom is 0.137 e. The van der Waals surface area contributed by atoms with Crippen molar-refractivity contribution in [2.45, 2.75) is 0 Å². The molecular formula is C39H24N2OS. The van der Waals surface area contributed by atoms with Crippen LogP contribution in [0.25, 0.3) is 64.0 Å². The van der Waals surface area contributed by atoms with Crippen molar-refractivity contribution in [3.63, 3.8) is 0 Å². The van der Waals surface area contributed by atoms with Crippen molar-refractivity contribution in [1.82, 2.24) is 4.98 Å². The molecule has 3 heterocycles. The lowest BCUT2D eigenvalue weighted by atomic mass is 10.0. The summed E-state index contributed by atoms with van der Waals surface area (Å²) >= 11 is 1.85. The minimum absolute atomic E-state index is 0.885. The number of rotatable bonds is 4. The molecule has 0 saturated heterocycles. The summed E-state index contributed by atoms with van der Waals surface area (Å²) in [5.74, 6) is 0. The summed E-state index contributed by atoms with van der Waals surface area (Å²) in [5.41, 5.74) is 7.43. The molecule has 0 spiro atoms. The van der Waals surface area contributed by atoms with Gasteiger partial charge in [-0.15, -0.1) is 11.3 Å². The van der Waals surface area contributed by atoms with E-state index in [-0.39, 0.29) is 0 Å². The zero-order chi connectivity index (χ0) is 28.3. The van der Waals surface area contributed by atoms with Crippen LogP contribution in [0.5, 0.6) is 0 Å². The van der Waals surface area contributed by atoms with Crippen LogP contribution in [-0.4, -0.2) is 4.98 Å². The van der Waals surface area contributed by atoms with Crippen LogP contribution in [-0.2, 0) is 0 Å². The number of para-hydroxylation sites is 2. The normalized spacial score (nSPS) is 11.7. The summed E-state index contributed by atoms with van der Waals surface area (Å²) in [6.45, 7) is 0. The highest BCUT2D eigenvalue weighted by atomic mass is 32.1. The van der Waals surface area contributed by atoms with Crippen LogP contribution in [0.2, 0.25) is 0 Å². The van der Waals surface area contributed by atoms with Gasteiger partial charge < -0.3 is 9.32 Å². The molecule has 202 valence electrons. The monoisotopic (exact) mass is 568 g/mol. The van der Waals surface area contributed by atoms with Gasteiger partial charge in [-0.2, -0.15) is 0 Å². The quantitative estimate of drug-likeness (QED) is 0.211. The Hall–Kier alpha value is -5.45. The molecule has 0 atom stereocenters. The van der Waals surface area contributed by atoms with Crippen molar-refractivity contribution in [2.75, 3.05) is 4.90 Å². The number of aromatic nitrogens is 1. The van der Waals surface area contributed by atoms with Crippen LogP contribution in [0.1, 0.15) is 0 Å². The second kappa shape index (κ2) is 9.55. The van der Waals surface area contributed by atoms with E-state index in [0.29, 0.717) is 0 Å². The van der Waals surface area contributed by atoms with Crippen LogP contribution >= 0.6 is 11.3 Å². The van der Waals surface area contributed by atoms with Crippen LogP contribution in [0.15, 0.2) is 150 Å². The molecule has 0 N–H and O–H groups in total. The number of thiophene rings is 1. The van der Waals surface area contributed by atoms with Crippen molar-refractivity contribution >= 4 is 81.3 Å². The molecule has 0 radical (unpaired) electrons. The lowest BCUT2D eigenvalue weighted by molar-refractivity contribution is 0.669. The lowest BCUT2D eigenvalue weighted by Gasteiger charge is -2.25. The molecular weight excluding hydrogens is 545 g/mol. The van der Waals surface area contributed by atoms with Gasteiger partial charge in [0.1, 0.15) is 11.2 Å². The lowest BCUT2D eigenvalue weighted by Crippen LogP contribution is -2.09. The van der Waals surface area contributed by atoms with E-state index in [9.17, 15) is 0 Å². The number of nitrogens with zero attached hydrogens (tertiary/aromatic N) is 2. The fourth-order valence-electron chi connectivity index (χ4n) is 6.30. The first-order chi connectivity index (χ1) is 21.3. The van der Waals surface area contributed by atoms with Crippen molar-refractivity contribution in [1.29, 1.82) is 0 Å². The molecule has 0 aliphatic rings. The molecule has 43 heavy (non-hydrogen) atoms. The average molecular weight is 569 g/mol. The summed E-state index contributed by atoms with van der Waals surface area (Å²) in [7, 11) is 0. The van der Waals surface area contributed by atoms with Gasteiger partial charge in [-0.3, -0.25) is 4.98 Å². The Morgan fingerprint density at radius 2 is 1.26 bits per heavy atom. The summed E-state index contributed by atoms with van der Waals surface area (Å²) in [5, 5.41) is 7.30. The Morgan fingerprint density at radius 1 is 0.512 bits per heavy atom. The molecule has 0 aliphatic carbocycles. The summed E-state index contributed by atoms with van der Waals surface area (Å²) in [6.07, 6.45) is 3.84.